The van der Waals surface area contributed by atoms with E-state index in [1.54, 1.807) is 41.5 Å². The lowest BCUT2D eigenvalue weighted by atomic mass is 9.98. The first-order valence-electron chi connectivity index (χ1n) is 9.81. The highest BCUT2D eigenvalue weighted by Gasteiger charge is 2.39. The molecule has 0 radical (unpaired) electrons. The molecule has 0 saturated carbocycles. The van der Waals surface area contributed by atoms with Crippen LogP contribution in [0.1, 0.15) is 38.3 Å². The molecule has 2 aliphatic heterocycles. The van der Waals surface area contributed by atoms with Crippen LogP contribution in [0.3, 0.4) is 0 Å². The Balaban J connectivity index is 1.89. The summed E-state index contributed by atoms with van der Waals surface area (Å²) >= 11 is 9.75. The predicted molar refractivity (Wildman–Crippen MR) is 130 cm³/mol. The lowest BCUT2D eigenvalue weighted by Gasteiger charge is -2.28. The molecule has 2 unspecified atom stereocenters. The van der Waals surface area contributed by atoms with Gasteiger partial charge in [0.25, 0.3) is 5.56 Å². The molecule has 3 heterocycles. The number of halogens is 2. The summed E-state index contributed by atoms with van der Waals surface area (Å²) in [5.74, 6) is 0.712. The number of esters is 1. The largest absolute Gasteiger partial charge is 0.506 e. The highest BCUT2D eigenvalue weighted by atomic mass is 79.9. The Hall–Kier alpha value is -1.36. The number of ether oxygens (including phenoxy) is 1. The number of carbonyl (C=O) groups is 1. The summed E-state index contributed by atoms with van der Waals surface area (Å²) in [5, 5.41) is 10.1. The first kappa shape index (κ1) is 22.8. The molecular weight excluding hydrogens is 568 g/mol. The summed E-state index contributed by atoms with van der Waals surface area (Å²) in [4.78, 5) is 31.5. The van der Waals surface area contributed by atoms with E-state index < -0.39 is 5.97 Å². The number of aromatic hydroxyl groups is 1. The average molecular weight is 588 g/mol. The van der Waals surface area contributed by atoms with Gasteiger partial charge in [-0.15, -0.1) is 0 Å². The Labute approximate surface area is 204 Å². The monoisotopic (exact) mass is 586 g/mol. The first-order chi connectivity index (χ1) is 14.8. The Morgan fingerprint density at radius 1 is 1.39 bits per heavy atom. The Kier molecular flexibility index (Phi) is 6.81. The number of hydrogen-bond acceptors (Lipinski definition) is 7. The van der Waals surface area contributed by atoms with E-state index in [1.165, 1.54) is 11.3 Å². The highest BCUT2D eigenvalue weighted by molar-refractivity contribution is 9.11. The summed E-state index contributed by atoms with van der Waals surface area (Å²) in [6.45, 7) is 3.86. The molecular formula is C21H20Br2N2O4S2. The van der Waals surface area contributed by atoms with Crippen LogP contribution in [0.15, 0.2) is 42.1 Å². The lowest BCUT2D eigenvalue weighted by molar-refractivity contribution is -0.139. The number of hydrogen-bond donors (Lipinski definition) is 1. The number of nitrogens with zero attached hydrogens (tertiary/aromatic N) is 2. The van der Waals surface area contributed by atoms with Crippen LogP contribution in [0.5, 0.6) is 5.75 Å². The second kappa shape index (κ2) is 9.25. The lowest BCUT2D eigenvalue weighted by Crippen LogP contribution is -2.43. The number of thiazole rings is 1. The van der Waals surface area contributed by atoms with Gasteiger partial charge >= 0.3 is 5.97 Å². The van der Waals surface area contributed by atoms with Crippen LogP contribution in [0.25, 0.3) is 6.08 Å². The third kappa shape index (κ3) is 4.31. The van der Waals surface area contributed by atoms with Crippen molar-refractivity contribution in [3.8, 4) is 5.75 Å². The number of benzene rings is 1. The van der Waals surface area contributed by atoms with Crippen molar-refractivity contribution >= 4 is 67.0 Å². The second-order valence-electron chi connectivity index (χ2n) is 7.23. The molecule has 1 saturated heterocycles. The van der Waals surface area contributed by atoms with Gasteiger partial charge < -0.3 is 9.84 Å². The minimum absolute atomic E-state index is 0.103. The number of rotatable bonds is 4. The van der Waals surface area contributed by atoms with E-state index in [0.717, 1.165) is 24.2 Å². The van der Waals surface area contributed by atoms with Gasteiger partial charge in [0.2, 0.25) is 0 Å². The Bertz CT molecular complexity index is 1240. The maximum absolute atomic E-state index is 13.5. The highest BCUT2D eigenvalue weighted by Crippen LogP contribution is 2.40. The molecule has 0 amide bonds. The van der Waals surface area contributed by atoms with Crippen molar-refractivity contribution in [2.45, 2.75) is 38.0 Å². The summed E-state index contributed by atoms with van der Waals surface area (Å²) in [7, 11) is 0. The maximum atomic E-state index is 13.5. The van der Waals surface area contributed by atoms with Gasteiger partial charge in [-0.1, -0.05) is 11.3 Å². The van der Waals surface area contributed by atoms with E-state index >= 15 is 0 Å². The van der Waals surface area contributed by atoms with Crippen molar-refractivity contribution in [1.29, 1.82) is 0 Å². The van der Waals surface area contributed by atoms with Gasteiger partial charge in [0.05, 0.1) is 37.4 Å². The molecule has 1 aromatic carbocycles. The molecule has 31 heavy (non-hydrogen) atoms. The number of aromatic nitrogens is 1. The van der Waals surface area contributed by atoms with Crippen molar-refractivity contribution in [3.63, 3.8) is 0 Å². The van der Waals surface area contributed by atoms with Crippen LogP contribution in [-0.4, -0.2) is 33.3 Å². The fourth-order valence-corrected chi connectivity index (χ4v) is 7.54. The third-order valence-corrected chi connectivity index (χ3v) is 8.85. The van der Waals surface area contributed by atoms with Gasteiger partial charge in [0.15, 0.2) is 4.80 Å². The minimum Gasteiger partial charge on any atom is -0.506 e. The van der Waals surface area contributed by atoms with Gasteiger partial charge in [-0.2, -0.15) is 11.8 Å². The molecule has 1 aromatic heterocycles. The average Bonchev–Trinajstić information content (AvgIpc) is 3.34. The van der Waals surface area contributed by atoms with E-state index in [0.29, 0.717) is 29.5 Å². The third-order valence-electron chi connectivity index (χ3n) is 5.21. The number of phenols is 1. The van der Waals surface area contributed by atoms with E-state index in [9.17, 15) is 14.7 Å². The molecule has 6 nitrogen and oxygen atoms in total. The first-order valence-corrected chi connectivity index (χ1v) is 13.3. The second-order valence-corrected chi connectivity index (χ2v) is 11.3. The molecule has 0 spiro atoms. The molecule has 2 aromatic rings. The van der Waals surface area contributed by atoms with Crippen LogP contribution in [0.4, 0.5) is 0 Å². The van der Waals surface area contributed by atoms with Crippen molar-refractivity contribution in [1.82, 2.24) is 4.57 Å². The standard InChI is InChI=1S/C21H20Br2N2O4S2/c1-3-29-20(28)16-10(2)24-21-25(17(16)14-5-4-6-30-14)19(27)15(31-21)9-11-7-12(22)18(26)13(23)8-11/h7-9,14,17,26H,3-6H2,1-2H3/b15-9-. The number of allylic oxidation sites excluding steroid dienone is 1. The molecule has 2 aliphatic rings. The molecule has 0 bridgehead atoms. The number of thioether (sulfide) groups is 1. The molecule has 10 heteroatoms. The van der Waals surface area contributed by atoms with Crippen molar-refractivity contribution < 1.29 is 14.6 Å². The van der Waals surface area contributed by atoms with Crippen LogP contribution in [0, 0.1) is 0 Å². The summed E-state index contributed by atoms with van der Waals surface area (Å²) < 4.78 is 8.57. The number of fused-ring (bicyclic) bond motifs is 1. The summed E-state index contributed by atoms with van der Waals surface area (Å²) in [6, 6.07) is 3.11. The van der Waals surface area contributed by atoms with Crippen molar-refractivity contribution in [3.05, 3.63) is 57.6 Å². The fourth-order valence-electron chi connectivity index (χ4n) is 3.86. The van der Waals surface area contributed by atoms with E-state index in [2.05, 4.69) is 36.9 Å². The van der Waals surface area contributed by atoms with Crippen LogP contribution in [0.2, 0.25) is 0 Å². The molecule has 164 valence electrons. The zero-order valence-corrected chi connectivity index (χ0v) is 21.7. The fraction of sp³-hybridized carbons (Fsp3) is 0.381. The predicted octanol–water partition coefficient (Wildman–Crippen LogP) is 3.88. The zero-order chi connectivity index (χ0) is 22.3. The van der Waals surface area contributed by atoms with Gasteiger partial charge in [0.1, 0.15) is 5.75 Å². The van der Waals surface area contributed by atoms with Crippen LogP contribution in [-0.2, 0) is 9.53 Å². The molecule has 1 fully saturated rings. The summed E-state index contributed by atoms with van der Waals surface area (Å²) in [5.41, 5.74) is 1.68. The van der Waals surface area contributed by atoms with Gasteiger partial charge in [-0.3, -0.25) is 9.36 Å². The van der Waals surface area contributed by atoms with Crippen LogP contribution >= 0.6 is 55.0 Å². The van der Waals surface area contributed by atoms with Gasteiger partial charge in [-0.25, -0.2) is 9.79 Å². The summed E-state index contributed by atoms with van der Waals surface area (Å²) in [6.07, 6.45) is 3.77. The van der Waals surface area contributed by atoms with E-state index in [4.69, 9.17) is 4.74 Å². The number of phenolic OH excluding ortho intramolecular Hbond substituents is 1. The van der Waals surface area contributed by atoms with E-state index in [1.807, 2.05) is 6.92 Å². The molecule has 4 rings (SSSR count). The normalized spacial score (nSPS) is 21.2. The van der Waals surface area contributed by atoms with Gasteiger partial charge in [0, 0.05) is 5.25 Å². The Morgan fingerprint density at radius 3 is 2.71 bits per heavy atom. The zero-order valence-electron chi connectivity index (χ0n) is 16.9. The van der Waals surface area contributed by atoms with Gasteiger partial charge in [-0.05, 0) is 88.1 Å². The Morgan fingerprint density at radius 2 is 2.10 bits per heavy atom. The van der Waals surface area contributed by atoms with E-state index in [-0.39, 0.29) is 29.2 Å². The topological polar surface area (TPSA) is 80.9 Å². The minimum atomic E-state index is -0.401. The smallest absolute Gasteiger partial charge is 0.338 e. The molecule has 0 aliphatic carbocycles. The molecule has 2 atom stereocenters. The number of carbonyl (C=O) groups excluding carboxylic acids is 1. The van der Waals surface area contributed by atoms with Crippen LogP contribution < -0.4 is 14.9 Å². The quantitative estimate of drug-likeness (QED) is 0.549. The maximum Gasteiger partial charge on any atom is 0.338 e. The van der Waals surface area contributed by atoms with Crippen molar-refractivity contribution in [2.24, 2.45) is 4.99 Å². The van der Waals surface area contributed by atoms with Crippen molar-refractivity contribution in [2.75, 3.05) is 12.4 Å². The molecule has 1 N–H and O–H groups in total. The SMILES string of the molecule is CCOC(=O)C1=C(C)N=c2s/c(=C\c3cc(Br)c(O)c(Br)c3)c(=O)n2C1C1CCCS1.